The Morgan fingerprint density at radius 3 is 1.86 bits per heavy atom. The highest BCUT2D eigenvalue weighted by Crippen LogP contribution is 2.14. The van der Waals surface area contributed by atoms with Gasteiger partial charge in [0.15, 0.2) is 0 Å². The molecule has 28 heavy (non-hydrogen) atoms. The second kappa shape index (κ2) is 12.6. The zero-order valence-electron chi connectivity index (χ0n) is 19.2. The zero-order valence-corrected chi connectivity index (χ0v) is 19.2. The molecule has 0 saturated heterocycles. The second-order valence-corrected chi connectivity index (χ2v) is 9.45. The molecule has 0 atom stereocenters. The molecule has 2 aromatic heterocycles. The van der Waals surface area contributed by atoms with Crippen molar-refractivity contribution in [2.75, 3.05) is 0 Å². The van der Waals surface area contributed by atoms with E-state index in [-0.39, 0.29) is 0 Å². The molecule has 2 heterocycles. The van der Waals surface area contributed by atoms with Crippen molar-refractivity contribution in [3.63, 3.8) is 0 Å². The molecule has 2 rings (SSSR count). The number of aromatic nitrogens is 4. The van der Waals surface area contributed by atoms with E-state index in [4.69, 9.17) is 0 Å². The molecule has 0 N–H and O–H groups in total. The maximum absolute atomic E-state index is 4.22. The lowest BCUT2D eigenvalue weighted by atomic mass is 9.98. The molecule has 0 amide bonds. The predicted molar refractivity (Wildman–Crippen MR) is 118 cm³/mol. The fourth-order valence-corrected chi connectivity index (χ4v) is 3.13. The van der Waals surface area contributed by atoms with Crippen molar-refractivity contribution >= 4 is 0 Å². The topological polar surface area (TPSA) is 51.6 Å². The van der Waals surface area contributed by atoms with Crippen molar-refractivity contribution in [1.82, 2.24) is 20.4 Å². The van der Waals surface area contributed by atoms with Crippen LogP contribution in [0.4, 0.5) is 0 Å². The molecule has 0 bridgehead atoms. The van der Waals surface area contributed by atoms with E-state index in [9.17, 15) is 0 Å². The maximum atomic E-state index is 4.22. The standard InChI is InChI=1S/2C12H20N2/c1-9(2)5-11-7-12(6-10(3)4)14-13-8-11;1-9(2)7-11-5-6-13-14-12(11)8-10(3)4/h7-10H,5-6H2,1-4H3;5-6,9-10H,7-8H2,1-4H3. The van der Waals surface area contributed by atoms with Crippen LogP contribution in [0.2, 0.25) is 0 Å². The molecule has 0 aromatic carbocycles. The van der Waals surface area contributed by atoms with Crippen molar-refractivity contribution in [1.29, 1.82) is 0 Å². The minimum Gasteiger partial charge on any atom is -0.159 e. The van der Waals surface area contributed by atoms with Crippen LogP contribution in [0.15, 0.2) is 24.5 Å². The first-order chi connectivity index (χ1) is 13.2. The van der Waals surface area contributed by atoms with Crippen molar-refractivity contribution in [2.24, 2.45) is 23.7 Å². The molecular formula is C24H40N4. The van der Waals surface area contributed by atoms with Crippen LogP contribution >= 0.6 is 0 Å². The summed E-state index contributed by atoms with van der Waals surface area (Å²) >= 11 is 0. The lowest BCUT2D eigenvalue weighted by Gasteiger charge is -2.10. The molecule has 4 heteroatoms. The lowest BCUT2D eigenvalue weighted by Crippen LogP contribution is -2.06. The monoisotopic (exact) mass is 384 g/mol. The fraction of sp³-hybridized carbons (Fsp3) is 0.667. The van der Waals surface area contributed by atoms with Gasteiger partial charge in [0, 0.05) is 6.20 Å². The summed E-state index contributed by atoms with van der Waals surface area (Å²) < 4.78 is 0. The van der Waals surface area contributed by atoms with Gasteiger partial charge in [-0.25, -0.2) is 0 Å². The van der Waals surface area contributed by atoms with Gasteiger partial charge in [-0.1, -0.05) is 55.4 Å². The third kappa shape index (κ3) is 10.5. The summed E-state index contributed by atoms with van der Waals surface area (Å²) in [5.74, 6) is 2.67. The van der Waals surface area contributed by atoms with Gasteiger partial charge in [-0.3, -0.25) is 0 Å². The molecule has 0 aliphatic carbocycles. The zero-order chi connectivity index (χ0) is 21.1. The maximum Gasteiger partial charge on any atom is 0.0665 e. The van der Waals surface area contributed by atoms with Gasteiger partial charge in [-0.05, 0) is 72.6 Å². The predicted octanol–water partition coefficient (Wildman–Crippen LogP) is 5.75. The SMILES string of the molecule is CC(C)Cc1ccnnc1CC(C)C.CC(C)Cc1cnnc(CC(C)C)c1. The quantitative estimate of drug-likeness (QED) is 0.581. The van der Waals surface area contributed by atoms with Gasteiger partial charge in [0.05, 0.1) is 17.6 Å². The molecule has 0 fully saturated rings. The van der Waals surface area contributed by atoms with Crippen LogP contribution in [0.25, 0.3) is 0 Å². The Kier molecular flexibility index (Phi) is 10.9. The Balaban J connectivity index is 0.000000280. The highest BCUT2D eigenvalue weighted by atomic mass is 15.1. The minimum absolute atomic E-state index is 0.651. The smallest absolute Gasteiger partial charge is 0.0665 e. The molecule has 156 valence electrons. The van der Waals surface area contributed by atoms with E-state index in [1.807, 2.05) is 6.20 Å². The third-order valence-electron chi connectivity index (χ3n) is 4.14. The van der Waals surface area contributed by atoms with Gasteiger partial charge in [0.2, 0.25) is 0 Å². The Hall–Kier alpha value is -1.84. The average molecular weight is 385 g/mol. The van der Waals surface area contributed by atoms with Crippen molar-refractivity contribution in [3.05, 3.63) is 47.0 Å². The summed E-state index contributed by atoms with van der Waals surface area (Å²) in [6.45, 7) is 17.8. The number of hydrogen-bond donors (Lipinski definition) is 0. The summed E-state index contributed by atoms with van der Waals surface area (Å²) in [5.41, 5.74) is 4.98. The first-order valence-corrected chi connectivity index (χ1v) is 10.8. The van der Waals surface area contributed by atoms with E-state index in [1.165, 1.54) is 16.8 Å². The lowest BCUT2D eigenvalue weighted by molar-refractivity contribution is 0.597. The average Bonchev–Trinajstić information content (AvgIpc) is 2.55. The number of rotatable bonds is 8. The van der Waals surface area contributed by atoms with Crippen LogP contribution in [-0.4, -0.2) is 20.4 Å². The van der Waals surface area contributed by atoms with Gasteiger partial charge in [-0.15, -0.1) is 0 Å². The molecule has 0 saturated carbocycles. The number of hydrogen-bond acceptors (Lipinski definition) is 4. The Labute approximate surface area is 172 Å². The van der Waals surface area contributed by atoms with Crippen LogP contribution in [0.1, 0.15) is 77.9 Å². The van der Waals surface area contributed by atoms with E-state index in [0.717, 1.165) is 31.4 Å². The molecule has 2 aromatic rings. The minimum atomic E-state index is 0.651. The fourth-order valence-electron chi connectivity index (χ4n) is 3.13. The molecule has 4 nitrogen and oxygen atoms in total. The van der Waals surface area contributed by atoms with Gasteiger partial charge in [0.25, 0.3) is 0 Å². The molecule has 0 aliphatic rings. The van der Waals surface area contributed by atoms with E-state index < -0.39 is 0 Å². The van der Waals surface area contributed by atoms with Crippen molar-refractivity contribution in [3.8, 4) is 0 Å². The summed E-state index contributed by atoms with van der Waals surface area (Å²) in [4.78, 5) is 0. The van der Waals surface area contributed by atoms with Gasteiger partial charge < -0.3 is 0 Å². The van der Waals surface area contributed by atoms with Crippen LogP contribution in [0.5, 0.6) is 0 Å². The normalized spacial score (nSPS) is 11.3. The second-order valence-electron chi connectivity index (χ2n) is 9.45. The molecule has 0 radical (unpaired) electrons. The van der Waals surface area contributed by atoms with E-state index >= 15 is 0 Å². The summed E-state index contributed by atoms with van der Waals surface area (Å²) in [7, 11) is 0. The largest absolute Gasteiger partial charge is 0.159 e. The van der Waals surface area contributed by atoms with Crippen molar-refractivity contribution in [2.45, 2.75) is 81.1 Å². The van der Waals surface area contributed by atoms with Crippen LogP contribution in [0, 0.1) is 23.7 Å². The van der Waals surface area contributed by atoms with E-state index in [1.54, 1.807) is 6.20 Å². The number of nitrogens with zero attached hydrogens (tertiary/aromatic N) is 4. The highest BCUT2D eigenvalue weighted by Gasteiger charge is 2.08. The summed E-state index contributed by atoms with van der Waals surface area (Å²) in [6, 6.07) is 4.29. The third-order valence-corrected chi connectivity index (χ3v) is 4.14. The Morgan fingerprint density at radius 2 is 1.29 bits per heavy atom. The first kappa shape index (κ1) is 24.2. The summed E-state index contributed by atoms with van der Waals surface area (Å²) in [6.07, 6.45) is 7.94. The summed E-state index contributed by atoms with van der Waals surface area (Å²) in [5, 5.41) is 16.4. The van der Waals surface area contributed by atoms with Crippen LogP contribution in [0.3, 0.4) is 0 Å². The molecular weight excluding hydrogens is 344 g/mol. The molecule has 0 unspecified atom stereocenters. The van der Waals surface area contributed by atoms with Gasteiger partial charge in [-0.2, -0.15) is 20.4 Å². The Bertz CT molecular complexity index is 624. The van der Waals surface area contributed by atoms with Crippen LogP contribution < -0.4 is 0 Å². The molecule has 0 aliphatic heterocycles. The first-order valence-electron chi connectivity index (χ1n) is 10.8. The van der Waals surface area contributed by atoms with Crippen molar-refractivity contribution < 1.29 is 0 Å². The van der Waals surface area contributed by atoms with Gasteiger partial charge in [0.1, 0.15) is 0 Å². The van der Waals surface area contributed by atoms with Gasteiger partial charge >= 0.3 is 0 Å². The van der Waals surface area contributed by atoms with E-state index in [2.05, 4.69) is 87.9 Å². The van der Waals surface area contributed by atoms with Crippen LogP contribution in [-0.2, 0) is 25.7 Å². The Morgan fingerprint density at radius 1 is 0.679 bits per heavy atom. The molecule has 0 spiro atoms. The van der Waals surface area contributed by atoms with E-state index in [0.29, 0.717) is 23.7 Å². The highest BCUT2D eigenvalue weighted by molar-refractivity contribution is 5.18.